The zero-order valence-electron chi connectivity index (χ0n) is 11.1. The highest BCUT2D eigenvalue weighted by molar-refractivity contribution is 5.82. The van der Waals surface area contributed by atoms with Gasteiger partial charge in [0.15, 0.2) is 0 Å². The fraction of sp³-hybridized carbons (Fsp3) is 0.923. The smallest absolute Gasteiger partial charge is 0.227 e. The summed E-state index contributed by atoms with van der Waals surface area (Å²) in [5.41, 5.74) is -0.205. The Morgan fingerprint density at radius 1 is 1.59 bits per heavy atom. The maximum Gasteiger partial charge on any atom is 0.227 e. The normalized spacial score (nSPS) is 26.5. The van der Waals surface area contributed by atoms with Crippen molar-refractivity contribution < 1.29 is 9.90 Å². The van der Waals surface area contributed by atoms with Crippen LogP contribution in [0.2, 0.25) is 0 Å². The lowest BCUT2D eigenvalue weighted by molar-refractivity contribution is -0.132. The van der Waals surface area contributed by atoms with Crippen LogP contribution in [0.1, 0.15) is 46.0 Å². The van der Waals surface area contributed by atoms with Crippen LogP contribution in [-0.2, 0) is 4.79 Å². The van der Waals surface area contributed by atoms with Crippen LogP contribution >= 0.6 is 0 Å². The van der Waals surface area contributed by atoms with E-state index in [1.54, 1.807) is 6.92 Å². The van der Waals surface area contributed by atoms with E-state index in [0.717, 1.165) is 45.2 Å². The average molecular weight is 242 g/mol. The van der Waals surface area contributed by atoms with Crippen molar-refractivity contribution in [2.24, 2.45) is 5.41 Å². The molecule has 0 saturated carbocycles. The number of amides is 1. The quantitative estimate of drug-likeness (QED) is 0.610. The highest BCUT2D eigenvalue weighted by atomic mass is 16.3. The first-order valence-corrected chi connectivity index (χ1v) is 6.78. The highest BCUT2D eigenvalue weighted by Crippen LogP contribution is 2.30. The molecule has 17 heavy (non-hydrogen) atoms. The molecular weight excluding hydrogens is 216 g/mol. The summed E-state index contributed by atoms with van der Waals surface area (Å²) in [5, 5.41) is 15.5. The molecule has 1 rings (SSSR count). The van der Waals surface area contributed by atoms with Crippen molar-refractivity contribution in [3.63, 3.8) is 0 Å². The molecule has 2 atom stereocenters. The Kier molecular flexibility index (Phi) is 5.92. The van der Waals surface area contributed by atoms with Crippen LogP contribution < -0.4 is 10.6 Å². The van der Waals surface area contributed by atoms with E-state index in [9.17, 15) is 4.79 Å². The summed E-state index contributed by atoms with van der Waals surface area (Å²) in [6, 6.07) is 0. The molecule has 0 aromatic carbocycles. The molecule has 0 spiro atoms. The maximum atomic E-state index is 12.2. The van der Waals surface area contributed by atoms with Crippen molar-refractivity contribution in [1.29, 1.82) is 0 Å². The number of piperidine rings is 1. The third-order valence-electron chi connectivity index (χ3n) is 3.71. The lowest BCUT2D eigenvalue weighted by Gasteiger charge is -2.35. The number of nitrogens with one attached hydrogen (secondary N) is 2. The van der Waals surface area contributed by atoms with E-state index in [-0.39, 0.29) is 17.4 Å². The second-order valence-electron chi connectivity index (χ2n) is 5.16. The number of rotatable bonds is 6. The Morgan fingerprint density at radius 2 is 2.35 bits per heavy atom. The molecule has 4 nitrogen and oxygen atoms in total. The van der Waals surface area contributed by atoms with Crippen molar-refractivity contribution in [3.05, 3.63) is 0 Å². The van der Waals surface area contributed by atoms with Crippen molar-refractivity contribution >= 4 is 5.91 Å². The second-order valence-corrected chi connectivity index (χ2v) is 5.16. The van der Waals surface area contributed by atoms with E-state index in [0.29, 0.717) is 6.54 Å². The number of hydrogen-bond donors (Lipinski definition) is 3. The van der Waals surface area contributed by atoms with E-state index >= 15 is 0 Å². The first-order valence-electron chi connectivity index (χ1n) is 6.78. The van der Waals surface area contributed by atoms with E-state index in [4.69, 9.17) is 5.11 Å². The molecule has 1 fully saturated rings. The van der Waals surface area contributed by atoms with Gasteiger partial charge in [0.05, 0.1) is 11.5 Å². The van der Waals surface area contributed by atoms with Gasteiger partial charge in [-0.3, -0.25) is 4.79 Å². The average Bonchev–Trinajstić information content (AvgIpc) is 2.35. The van der Waals surface area contributed by atoms with Gasteiger partial charge < -0.3 is 15.7 Å². The fourth-order valence-electron chi connectivity index (χ4n) is 2.41. The van der Waals surface area contributed by atoms with Gasteiger partial charge in [0, 0.05) is 13.1 Å². The molecule has 0 bridgehead atoms. The Balaban J connectivity index is 2.33. The Morgan fingerprint density at radius 3 is 2.88 bits per heavy atom. The van der Waals surface area contributed by atoms with Gasteiger partial charge in [-0.15, -0.1) is 0 Å². The van der Waals surface area contributed by atoms with Gasteiger partial charge in [-0.25, -0.2) is 0 Å². The van der Waals surface area contributed by atoms with E-state index < -0.39 is 0 Å². The number of hydrogen-bond acceptors (Lipinski definition) is 3. The van der Waals surface area contributed by atoms with Crippen molar-refractivity contribution in [3.8, 4) is 0 Å². The van der Waals surface area contributed by atoms with E-state index in [1.165, 1.54) is 0 Å². The van der Waals surface area contributed by atoms with Crippen LogP contribution in [0.5, 0.6) is 0 Å². The molecule has 1 aliphatic heterocycles. The molecule has 100 valence electrons. The summed E-state index contributed by atoms with van der Waals surface area (Å²) >= 11 is 0. The Hall–Kier alpha value is -0.610. The first-order chi connectivity index (χ1) is 8.10. The number of aliphatic hydroxyl groups is 1. The Bertz CT molecular complexity index is 236. The van der Waals surface area contributed by atoms with Crippen molar-refractivity contribution in [2.75, 3.05) is 19.6 Å². The number of aliphatic hydroxyl groups excluding tert-OH is 1. The zero-order valence-corrected chi connectivity index (χ0v) is 11.1. The topological polar surface area (TPSA) is 61.4 Å². The SMILES string of the molecule is CCC1(C(=O)NCCCC(C)O)CCCNC1. The molecule has 0 aromatic rings. The summed E-state index contributed by atoms with van der Waals surface area (Å²) < 4.78 is 0. The summed E-state index contributed by atoms with van der Waals surface area (Å²) in [7, 11) is 0. The molecule has 1 saturated heterocycles. The first kappa shape index (κ1) is 14.5. The van der Waals surface area contributed by atoms with Gasteiger partial charge in [0.1, 0.15) is 0 Å². The standard InChI is InChI=1S/C13H26N2O2/c1-3-13(7-5-8-14-10-13)12(17)15-9-4-6-11(2)16/h11,14,16H,3-10H2,1-2H3,(H,15,17). The van der Waals surface area contributed by atoms with E-state index in [2.05, 4.69) is 17.6 Å². The van der Waals surface area contributed by atoms with Gasteiger partial charge in [0.2, 0.25) is 5.91 Å². The van der Waals surface area contributed by atoms with Gasteiger partial charge >= 0.3 is 0 Å². The molecule has 2 unspecified atom stereocenters. The molecule has 1 heterocycles. The predicted octanol–water partition coefficient (Wildman–Crippen LogP) is 1.04. The molecule has 0 radical (unpaired) electrons. The predicted molar refractivity (Wildman–Crippen MR) is 68.8 cm³/mol. The van der Waals surface area contributed by atoms with Gasteiger partial charge in [-0.1, -0.05) is 6.92 Å². The number of carbonyl (C=O) groups excluding carboxylic acids is 1. The summed E-state index contributed by atoms with van der Waals surface area (Å²) in [5.74, 6) is 0.179. The molecule has 1 aliphatic rings. The zero-order chi connectivity index (χ0) is 12.7. The molecule has 0 aromatic heterocycles. The minimum atomic E-state index is -0.275. The second kappa shape index (κ2) is 6.97. The minimum absolute atomic E-state index is 0.179. The third-order valence-corrected chi connectivity index (χ3v) is 3.71. The van der Waals surface area contributed by atoms with Crippen LogP contribution in [0.25, 0.3) is 0 Å². The van der Waals surface area contributed by atoms with Crippen LogP contribution in [-0.4, -0.2) is 36.8 Å². The van der Waals surface area contributed by atoms with Gasteiger partial charge in [0.25, 0.3) is 0 Å². The monoisotopic (exact) mass is 242 g/mol. The van der Waals surface area contributed by atoms with Crippen LogP contribution in [0.15, 0.2) is 0 Å². The van der Waals surface area contributed by atoms with Crippen molar-refractivity contribution in [2.45, 2.75) is 52.1 Å². The molecule has 3 N–H and O–H groups in total. The lowest BCUT2D eigenvalue weighted by atomic mass is 9.77. The molecule has 4 heteroatoms. The van der Waals surface area contributed by atoms with Gasteiger partial charge in [-0.05, 0) is 45.6 Å². The van der Waals surface area contributed by atoms with E-state index in [1.807, 2.05) is 0 Å². The largest absolute Gasteiger partial charge is 0.393 e. The van der Waals surface area contributed by atoms with Crippen LogP contribution in [0.4, 0.5) is 0 Å². The van der Waals surface area contributed by atoms with Crippen molar-refractivity contribution in [1.82, 2.24) is 10.6 Å². The third kappa shape index (κ3) is 4.28. The van der Waals surface area contributed by atoms with Crippen LogP contribution in [0.3, 0.4) is 0 Å². The molecule has 1 amide bonds. The highest BCUT2D eigenvalue weighted by Gasteiger charge is 2.37. The molecular formula is C13H26N2O2. The van der Waals surface area contributed by atoms with Gasteiger partial charge in [-0.2, -0.15) is 0 Å². The summed E-state index contributed by atoms with van der Waals surface area (Å²) in [6.45, 7) is 6.36. The van der Waals surface area contributed by atoms with Crippen LogP contribution in [0, 0.1) is 5.41 Å². The summed E-state index contributed by atoms with van der Waals surface area (Å²) in [6.07, 6.45) is 4.27. The Labute approximate surface area is 104 Å². The molecule has 0 aliphatic carbocycles. The summed E-state index contributed by atoms with van der Waals surface area (Å²) in [4.78, 5) is 12.2. The lowest BCUT2D eigenvalue weighted by Crippen LogP contribution is -2.50. The maximum absolute atomic E-state index is 12.2. The minimum Gasteiger partial charge on any atom is -0.393 e. The fourth-order valence-corrected chi connectivity index (χ4v) is 2.41. The number of carbonyl (C=O) groups is 1.